The second kappa shape index (κ2) is 9.29. The van der Waals surface area contributed by atoms with Gasteiger partial charge in [-0.3, -0.25) is 0 Å². The molecule has 2 heterocycles. The van der Waals surface area contributed by atoms with Crippen LogP contribution in [0.25, 0.3) is 0 Å². The Kier molecular flexibility index (Phi) is 6.56. The van der Waals surface area contributed by atoms with Crippen LogP contribution >= 0.6 is 0 Å². The number of nitrogens with zero attached hydrogens (tertiary/aromatic N) is 4. The number of likely N-dealkylation sites (N-methyl/N-ethyl adjacent to an activating group) is 1. The van der Waals surface area contributed by atoms with Crippen LogP contribution in [0.1, 0.15) is 17.0 Å². The van der Waals surface area contributed by atoms with Crippen molar-refractivity contribution in [3.8, 4) is 5.88 Å². The molecule has 0 unspecified atom stereocenters. The van der Waals surface area contributed by atoms with Crippen molar-refractivity contribution in [3.63, 3.8) is 0 Å². The van der Waals surface area contributed by atoms with Gasteiger partial charge in [0.1, 0.15) is 18.1 Å². The van der Waals surface area contributed by atoms with E-state index >= 15 is 0 Å². The highest BCUT2D eigenvalue weighted by Gasteiger charge is 2.19. The lowest BCUT2D eigenvalue weighted by Gasteiger charge is -2.28. The average Bonchev–Trinajstić information content (AvgIpc) is 2.69. The van der Waals surface area contributed by atoms with Crippen LogP contribution in [0.2, 0.25) is 0 Å². The second-order valence-corrected chi connectivity index (χ2v) is 6.29. The minimum absolute atomic E-state index is 0.451. The van der Waals surface area contributed by atoms with Gasteiger partial charge in [0.2, 0.25) is 5.88 Å². The molecule has 8 nitrogen and oxygen atoms in total. The normalized spacial score (nSPS) is 15.0. The quantitative estimate of drug-likeness (QED) is 0.324. The molecule has 8 heteroatoms. The van der Waals surface area contributed by atoms with Crippen molar-refractivity contribution >= 4 is 11.5 Å². The predicted molar refractivity (Wildman–Crippen MR) is 105 cm³/mol. The number of aryl methyl sites for hydroxylation is 1. The highest BCUT2D eigenvalue weighted by Crippen LogP contribution is 2.21. The van der Waals surface area contributed by atoms with Gasteiger partial charge >= 0.3 is 0 Å². The number of hydrogen-bond donors (Lipinski definition) is 2. The van der Waals surface area contributed by atoms with E-state index in [0.717, 1.165) is 36.6 Å². The number of anilines is 1. The first-order chi connectivity index (χ1) is 13.2. The largest absolute Gasteiger partial charge is 0.476 e. The number of hydrogen-bond acceptors (Lipinski definition) is 8. The molecule has 1 saturated heterocycles. The number of benzene rings is 1. The summed E-state index contributed by atoms with van der Waals surface area (Å²) in [6, 6.07) is 9.80. The highest BCUT2D eigenvalue weighted by molar-refractivity contribution is 6.10. The Labute approximate surface area is 159 Å². The van der Waals surface area contributed by atoms with Crippen LogP contribution in [0, 0.1) is 6.92 Å². The molecule has 0 amide bonds. The number of aromatic nitrogens is 2. The van der Waals surface area contributed by atoms with E-state index in [1.165, 1.54) is 0 Å². The zero-order valence-corrected chi connectivity index (χ0v) is 15.8. The van der Waals surface area contributed by atoms with Crippen molar-refractivity contribution in [3.05, 3.63) is 47.3 Å². The summed E-state index contributed by atoms with van der Waals surface area (Å²) in [7, 11) is 1.88. The smallest absolute Gasteiger partial charge is 0.219 e. The Morgan fingerprint density at radius 3 is 2.81 bits per heavy atom. The van der Waals surface area contributed by atoms with E-state index < -0.39 is 0 Å². The molecule has 0 atom stereocenters. The lowest BCUT2D eigenvalue weighted by molar-refractivity contribution is 0.122. The van der Waals surface area contributed by atoms with Crippen LogP contribution in [0.3, 0.4) is 0 Å². The Hall–Kier alpha value is -2.71. The van der Waals surface area contributed by atoms with Crippen LogP contribution in [-0.2, 0) is 4.74 Å². The molecule has 1 fully saturated rings. The van der Waals surface area contributed by atoms with Gasteiger partial charge < -0.3 is 25.5 Å². The lowest BCUT2D eigenvalue weighted by atomic mass is 10.1. The maximum absolute atomic E-state index is 5.81. The fourth-order valence-corrected chi connectivity index (χ4v) is 2.86. The van der Waals surface area contributed by atoms with Crippen LogP contribution in [-0.4, -0.2) is 62.2 Å². The number of rotatable bonds is 7. The van der Waals surface area contributed by atoms with Crippen molar-refractivity contribution in [2.45, 2.75) is 6.92 Å². The first-order valence-corrected chi connectivity index (χ1v) is 9.05. The molecule has 1 aliphatic heterocycles. The van der Waals surface area contributed by atoms with E-state index in [2.05, 4.69) is 20.3 Å². The van der Waals surface area contributed by atoms with E-state index in [-0.39, 0.29) is 0 Å². The minimum atomic E-state index is 0.451. The summed E-state index contributed by atoms with van der Waals surface area (Å²) in [5, 5.41) is 7.03. The molecule has 1 aromatic carbocycles. The zero-order valence-electron chi connectivity index (χ0n) is 15.8. The van der Waals surface area contributed by atoms with Gasteiger partial charge in [0, 0.05) is 31.3 Å². The van der Waals surface area contributed by atoms with Crippen molar-refractivity contribution in [2.24, 2.45) is 10.9 Å². The Balaban J connectivity index is 1.97. The van der Waals surface area contributed by atoms with Crippen LogP contribution < -0.4 is 20.8 Å². The van der Waals surface area contributed by atoms with E-state index in [4.69, 9.17) is 20.3 Å². The third kappa shape index (κ3) is 4.93. The second-order valence-electron chi connectivity index (χ2n) is 6.29. The third-order valence-corrected chi connectivity index (χ3v) is 4.26. The Bertz CT molecular complexity index is 790. The first kappa shape index (κ1) is 19.1. The van der Waals surface area contributed by atoms with Crippen molar-refractivity contribution in [1.29, 1.82) is 0 Å². The summed E-state index contributed by atoms with van der Waals surface area (Å²) < 4.78 is 11.2. The molecule has 144 valence electrons. The summed E-state index contributed by atoms with van der Waals surface area (Å²) in [4.78, 5) is 11.4. The molecule has 0 radical (unpaired) electrons. The number of hydrazone groups is 1. The van der Waals surface area contributed by atoms with Gasteiger partial charge in [0.15, 0.2) is 5.82 Å². The van der Waals surface area contributed by atoms with E-state index in [1.54, 1.807) is 0 Å². The predicted octanol–water partition coefficient (Wildman–Crippen LogP) is 0.931. The number of nitrogens with one attached hydrogen (secondary N) is 1. The van der Waals surface area contributed by atoms with Gasteiger partial charge in [-0.15, -0.1) is 0 Å². The maximum Gasteiger partial charge on any atom is 0.219 e. The standard InChI is InChI=1S/C19H26N6O2/c1-14-4-3-5-15(12-14)18(24-20)19-22-16(25-7-10-26-11-8-25)13-17(23-19)27-9-6-21-2/h3-5,12-13,21H,6-11,20H2,1-2H3. The van der Waals surface area contributed by atoms with Gasteiger partial charge in [-0.25, -0.2) is 4.98 Å². The van der Waals surface area contributed by atoms with Crippen molar-refractivity contribution < 1.29 is 9.47 Å². The van der Waals surface area contributed by atoms with Gasteiger partial charge in [0.25, 0.3) is 0 Å². The third-order valence-electron chi connectivity index (χ3n) is 4.26. The molecule has 0 aliphatic carbocycles. The Morgan fingerprint density at radius 2 is 2.11 bits per heavy atom. The fourth-order valence-electron chi connectivity index (χ4n) is 2.86. The van der Waals surface area contributed by atoms with Crippen LogP contribution in [0.5, 0.6) is 5.88 Å². The fraction of sp³-hybridized carbons (Fsp3) is 0.421. The monoisotopic (exact) mass is 370 g/mol. The lowest BCUT2D eigenvalue weighted by Crippen LogP contribution is -2.37. The summed E-state index contributed by atoms with van der Waals surface area (Å²) in [6.07, 6.45) is 0. The Morgan fingerprint density at radius 1 is 1.30 bits per heavy atom. The number of nitrogens with two attached hydrogens (primary N) is 1. The molecule has 3 N–H and O–H groups in total. The van der Waals surface area contributed by atoms with Crippen molar-refractivity contribution in [2.75, 3.05) is 51.4 Å². The van der Waals surface area contributed by atoms with E-state index in [0.29, 0.717) is 37.2 Å². The molecule has 0 spiro atoms. The number of morpholine rings is 1. The highest BCUT2D eigenvalue weighted by atomic mass is 16.5. The zero-order chi connectivity index (χ0) is 19.1. The van der Waals surface area contributed by atoms with Crippen LogP contribution in [0.4, 0.5) is 5.82 Å². The summed E-state index contributed by atoms with van der Waals surface area (Å²) >= 11 is 0. The molecule has 0 bridgehead atoms. The molecule has 1 aromatic heterocycles. The SMILES string of the molecule is CNCCOc1cc(N2CCOCC2)nc(C(=NN)c2cccc(C)c2)n1. The molecule has 3 rings (SSSR count). The topological polar surface area (TPSA) is 97.9 Å². The molecule has 0 saturated carbocycles. The van der Waals surface area contributed by atoms with Gasteiger partial charge in [-0.1, -0.05) is 23.8 Å². The molecule has 27 heavy (non-hydrogen) atoms. The molecule has 2 aromatic rings. The first-order valence-electron chi connectivity index (χ1n) is 9.05. The van der Waals surface area contributed by atoms with E-state index in [1.807, 2.05) is 44.3 Å². The summed E-state index contributed by atoms with van der Waals surface area (Å²) in [5.41, 5.74) is 2.52. The molecule has 1 aliphatic rings. The number of ether oxygens (including phenoxy) is 2. The van der Waals surface area contributed by atoms with Crippen molar-refractivity contribution in [1.82, 2.24) is 15.3 Å². The summed E-state index contributed by atoms with van der Waals surface area (Å²) in [5.74, 6) is 7.45. The maximum atomic E-state index is 5.81. The van der Waals surface area contributed by atoms with Gasteiger partial charge in [-0.05, 0) is 20.0 Å². The van der Waals surface area contributed by atoms with Crippen LogP contribution in [0.15, 0.2) is 35.4 Å². The van der Waals surface area contributed by atoms with Gasteiger partial charge in [0.05, 0.1) is 13.2 Å². The van der Waals surface area contributed by atoms with E-state index in [9.17, 15) is 0 Å². The minimum Gasteiger partial charge on any atom is -0.476 e. The molecular weight excluding hydrogens is 344 g/mol. The summed E-state index contributed by atoms with van der Waals surface area (Å²) in [6.45, 7) is 6.14. The molecular formula is C19H26N6O2. The van der Waals surface area contributed by atoms with Gasteiger partial charge in [-0.2, -0.15) is 10.1 Å². The average molecular weight is 370 g/mol.